The fourth-order valence-corrected chi connectivity index (χ4v) is 4.41. The van der Waals surface area contributed by atoms with Crippen molar-refractivity contribution in [3.63, 3.8) is 0 Å². The van der Waals surface area contributed by atoms with Crippen LogP contribution in [-0.4, -0.2) is 31.2 Å². The van der Waals surface area contributed by atoms with Gasteiger partial charge < -0.3 is 14.4 Å². The molecule has 0 aliphatic carbocycles. The van der Waals surface area contributed by atoms with Gasteiger partial charge in [-0.25, -0.2) is 13.2 Å². The summed E-state index contributed by atoms with van der Waals surface area (Å²) in [7, 11) is -2.65. The average molecular weight is 396 g/mol. The lowest BCUT2D eigenvalue weighted by Crippen LogP contribution is -2.11. The lowest BCUT2D eigenvalue weighted by atomic mass is 10.1. The van der Waals surface area contributed by atoms with Crippen molar-refractivity contribution in [3.05, 3.63) is 77.6 Å². The molecule has 0 atom stereocenters. The monoisotopic (exact) mass is 396 g/mol. The normalized spacial score (nSPS) is 11.0. The van der Waals surface area contributed by atoms with Gasteiger partial charge in [-0.1, -0.05) is 0 Å². The van der Waals surface area contributed by atoms with Crippen LogP contribution in [0.3, 0.4) is 0 Å². The number of carbonyl (C=O) groups is 1. The minimum absolute atomic E-state index is 0.0592. The first kappa shape index (κ1) is 19.2. The molecular formula is C20H16N2O5S. The molecule has 28 heavy (non-hydrogen) atoms. The summed E-state index contributed by atoms with van der Waals surface area (Å²) in [6, 6.07) is 14.1. The van der Waals surface area contributed by atoms with E-state index in [1.807, 2.05) is 6.07 Å². The summed E-state index contributed by atoms with van der Waals surface area (Å²) in [6.07, 6.45) is 3.53. The standard InChI is InChI=1S/C20H16N2O5S/c1-27-18-7-5-15(20(23)24)11-19(18)28(25,26)13-16-10-14(12-21)4-6-17(16)22-8-2-3-9-22/h2-11H,13H2,1H3,(H,23,24). The number of aromatic nitrogens is 1. The number of hydrogen-bond acceptors (Lipinski definition) is 5. The van der Waals surface area contributed by atoms with Gasteiger partial charge in [0.15, 0.2) is 9.84 Å². The van der Waals surface area contributed by atoms with E-state index in [9.17, 15) is 23.6 Å². The van der Waals surface area contributed by atoms with Crippen molar-refractivity contribution >= 4 is 15.8 Å². The topological polar surface area (TPSA) is 109 Å². The Balaban J connectivity index is 2.12. The van der Waals surface area contributed by atoms with Gasteiger partial charge in [-0.15, -0.1) is 0 Å². The zero-order valence-electron chi connectivity index (χ0n) is 14.9. The fourth-order valence-electron chi connectivity index (χ4n) is 2.85. The van der Waals surface area contributed by atoms with Crippen molar-refractivity contribution in [2.45, 2.75) is 10.6 Å². The molecule has 3 rings (SSSR count). The van der Waals surface area contributed by atoms with E-state index in [0.717, 1.165) is 6.07 Å². The Labute approximate surface area is 162 Å². The third kappa shape index (κ3) is 3.75. The van der Waals surface area contributed by atoms with Crippen LogP contribution in [0.2, 0.25) is 0 Å². The molecule has 0 unspecified atom stereocenters. The van der Waals surface area contributed by atoms with Crippen molar-refractivity contribution < 1.29 is 23.1 Å². The Hall–Kier alpha value is -3.57. The number of carboxylic acid groups (broad SMARTS) is 1. The second kappa shape index (κ2) is 7.58. The van der Waals surface area contributed by atoms with E-state index >= 15 is 0 Å². The van der Waals surface area contributed by atoms with Gasteiger partial charge in [0, 0.05) is 18.1 Å². The largest absolute Gasteiger partial charge is 0.495 e. The van der Waals surface area contributed by atoms with E-state index < -0.39 is 21.6 Å². The molecule has 0 amide bonds. The van der Waals surface area contributed by atoms with Gasteiger partial charge in [0.25, 0.3) is 0 Å². The molecule has 1 aromatic heterocycles. The minimum Gasteiger partial charge on any atom is -0.495 e. The molecule has 0 spiro atoms. The Morgan fingerprint density at radius 3 is 2.50 bits per heavy atom. The molecule has 0 aliphatic heterocycles. The van der Waals surface area contributed by atoms with Gasteiger partial charge in [0.05, 0.1) is 30.1 Å². The predicted molar refractivity (Wildman–Crippen MR) is 101 cm³/mol. The maximum atomic E-state index is 13.1. The Bertz CT molecular complexity index is 1180. The quantitative estimate of drug-likeness (QED) is 0.686. The number of carboxylic acids is 1. The van der Waals surface area contributed by atoms with Crippen molar-refractivity contribution in [2.24, 2.45) is 0 Å². The Morgan fingerprint density at radius 2 is 1.89 bits per heavy atom. The van der Waals surface area contributed by atoms with E-state index in [4.69, 9.17) is 4.74 Å². The van der Waals surface area contributed by atoms with E-state index in [2.05, 4.69) is 0 Å². The lowest BCUT2D eigenvalue weighted by Gasteiger charge is -2.14. The summed E-state index contributed by atoms with van der Waals surface area (Å²) in [6.45, 7) is 0. The molecule has 0 fully saturated rings. The number of nitrogens with zero attached hydrogens (tertiary/aromatic N) is 2. The van der Waals surface area contributed by atoms with E-state index in [-0.39, 0.29) is 16.2 Å². The third-order valence-corrected chi connectivity index (χ3v) is 5.86. The molecule has 3 aromatic rings. The molecule has 1 heterocycles. The number of ether oxygens (including phenoxy) is 1. The van der Waals surface area contributed by atoms with Crippen LogP contribution in [0.25, 0.3) is 5.69 Å². The van der Waals surface area contributed by atoms with Crippen LogP contribution in [0.1, 0.15) is 21.5 Å². The highest BCUT2D eigenvalue weighted by Crippen LogP contribution is 2.30. The van der Waals surface area contributed by atoms with Gasteiger partial charge >= 0.3 is 5.97 Å². The van der Waals surface area contributed by atoms with Crippen LogP contribution in [0, 0.1) is 11.3 Å². The highest BCUT2D eigenvalue weighted by Gasteiger charge is 2.24. The molecule has 0 radical (unpaired) electrons. The second-order valence-corrected chi connectivity index (χ2v) is 7.93. The van der Waals surface area contributed by atoms with Crippen LogP contribution in [0.15, 0.2) is 65.8 Å². The minimum atomic E-state index is -3.96. The number of sulfone groups is 1. The maximum absolute atomic E-state index is 13.1. The first-order valence-electron chi connectivity index (χ1n) is 8.16. The summed E-state index contributed by atoms with van der Waals surface area (Å²) in [4.78, 5) is 11.0. The lowest BCUT2D eigenvalue weighted by molar-refractivity contribution is 0.0696. The van der Waals surface area contributed by atoms with Crippen molar-refractivity contribution in [2.75, 3.05) is 7.11 Å². The summed E-state index contributed by atoms with van der Waals surface area (Å²) < 4.78 is 33.1. The van der Waals surface area contributed by atoms with Crippen LogP contribution in [-0.2, 0) is 15.6 Å². The second-order valence-electron chi connectivity index (χ2n) is 5.98. The average Bonchev–Trinajstić information content (AvgIpc) is 3.21. The smallest absolute Gasteiger partial charge is 0.335 e. The first-order chi connectivity index (χ1) is 13.4. The number of nitriles is 1. The van der Waals surface area contributed by atoms with E-state index in [0.29, 0.717) is 16.8 Å². The maximum Gasteiger partial charge on any atom is 0.335 e. The third-order valence-electron chi connectivity index (χ3n) is 4.18. The predicted octanol–water partition coefficient (Wildman–Crippen LogP) is 3.03. The zero-order valence-corrected chi connectivity index (χ0v) is 15.7. The van der Waals surface area contributed by atoms with Crippen LogP contribution >= 0.6 is 0 Å². The van der Waals surface area contributed by atoms with E-state index in [1.165, 1.54) is 25.3 Å². The Morgan fingerprint density at radius 1 is 1.18 bits per heavy atom. The molecule has 0 aliphatic rings. The molecule has 0 saturated heterocycles. The van der Waals surface area contributed by atoms with Gasteiger partial charge in [0.2, 0.25) is 0 Å². The first-order valence-corrected chi connectivity index (χ1v) is 9.81. The molecule has 0 saturated carbocycles. The summed E-state index contributed by atoms with van der Waals surface area (Å²) in [5, 5.41) is 18.4. The van der Waals surface area contributed by atoms with Crippen molar-refractivity contribution in [3.8, 4) is 17.5 Å². The Kier molecular flexibility index (Phi) is 5.20. The summed E-state index contributed by atoms with van der Waals surface area (Å²) in [5.41, 5.74) is 1.20. The van der Waals surface area contributed by atoms with Gasteiger partial charge in [-0.2, -0.15) is 5.26 Å². The number of hydrogen-bond donors (Lipinski definition) is 1. The molecule has 2 aromatic carbocycles. The van der Waals surface area contributed by atoms with Gasteiger partial charge in [-0.3, -0.25) is 0 Å². The number of benzene rings is 2. The highest BCUT2D eigenvalue weighted by molar-refractivity contribution is 7.90. The molecule has 0 bridgehead atoms. The molecule has 8 heteroatoms. The zero-order chi connectivity index (χ0) is 20.3. The van der Waals surface area contributed by atoms with E-state index in [1.54, 1.807) is 41.2 Å². The number of methoxy groups -OCH3 is 1. The highest BCUT2D eigenvalue weighted by atomic mass is 32.2. The molecule has 7 nitrogen and oxygen atoms in total. The summed E-state index contributed by atoms with van der Waals surface area (Å²) in [5.74, 6) is -1.60. The van der Waals surface area contributed by atoms with Crippen molar-refractivity contribution in [1.82, 2.24) is 4.57 Å². The van der Waals surface area contributed by atoms with Gasteiger partial charge in [-0.05, 0) is 54.1 Å². The molecular weight excluding hydrogens is 380 g/mol. The van der Waals surface area contributed by atoms with Crippen LogP contribution in [0.4, 0.5) is 0 Å². The van der Waals surface area contributed by atoms with Gasteiger partial charge in [0.1, 0.15) is 10.6 Å². The summed E-state index contributed by atoms with van der Waals surface area (Å²) >= 11 is 0. The van der Waals surface area contributed by atoms with Crippen molar-refractivity contribution in [1.29, 1.82) is 5.26 Å². The number of aromatic carboxylic acids is 1. The van der Waals surface area contributed by atoms with Crippen LogP contribution in [0.5, 0.6) is 5.75 Å². The molecule has 142 valence electrons. The number of rotatable bonds is 6. The molecule has 1 N–H and O–H groups in total. The van der Waals surface area contributed by atoms with Crippen LogP contribution < -0.4 is 4.74 Å². The SMILES string of the molecule is COc1ccc(C(=O)O)cc1S(=O)(=O)Cc1cc(C#N)ccc1-n1cccc1. The fraction of sp³-hybridized carbons (Fsp3) is 0.100.